The molecule has 1 aliphatic rings. The van der Waals surface area contributed by atoms with Crippen molar-refractivity contribution in [3.05, 3.63) is 76.3 Å². The molecule has 0 aliphatic heterocycles. The zero-order valence-corrected chi connectivity index (χ0v) is 19.6. The Bertz CT molecular complexity index is 1440. The first-order chi connectivity index (χ1) is 17.0. The van der Waals surface area contributed by atoms with Crippen LogP contribution in [0.15, 0.2) is 60.7 Å². The van der Waals surface area contributed by atoms with E-state index >= 15 is 0 Å². The predicted octanol–water partition coefficient (Wildman–Crippen LogP) is 6.19. The van der Waals surface area contributed by atoms with Crippen molar-refractivity contribution in [2.45, 2.75) is 31.7 Å². The zero-order valence-electron chi connectivity index (χ0n) is 19.6. The molecule has 8 nitrogen and oxygen atoms in total. The molecule has 0 unspecified atom stereocenters. The molecule has 1 aromatic heterocycles. The molecular formula is C27H25N3O5. The van der Waals surface area contributed by atoms with Gasteiger partial charge in [0, 0.05) is 23.7 Å². The van der Waals surface area contributed by atoms with E-state index in [1.54, 1.807) is 31.4 Å². The van der Waals surface area contributed by atoms with E-state index in [1.165, 1.54) is 13.2 Å². The number of ether oxygens (including phenoxy) is 2. The number of imidazole rings is 1. The van der Waals surface area contributed by atoms with Crippen LogP contribution in [0.4, 0.5) is 5.69 Å². The fourth-order valence-electron chi connectivity index (χ4n) is 4.94. The van der Waals surface area contributed by atoms with Gasteiger partial charge in [-0.1, -0.05) is 25.0 Å². The van der Waals surface area contributed by atoms with Gasteiger partial charge < -0.3 is 14.0 Å². The van der Waals surface area contributed by atoms with Crippen LogP contribution in [0.2, 0.25) is 0 Å². The Balaban J connectivity index is 1.79. The quantitative estimate of drug-likeness (QED) is 0.189. The minimum absolute atomic E-state index is 0.00748. The van der Waals surface area contributed by atoms with Crippen LogP contribution in [-0.2, 0) is 4.74 Å². The molecule has 0 amide bonds. The fourth-order valence-corrected chi connectivity index (χ4v) is 4.94. The standard InChI is InChI=1S/C27H25N3O5/c1-34-21-9-5-6-17(14-21)22-12-11-20(30(32)33)16-23(22)26-28-24-15-18(27(31)35-2)10-13-25(24)29(26)19-7-3-4-8-19/h5-6,9-16,19H,3-4,7-8H2,1-2H3. The summed E-state index contributed by atoms with van der Waals surface area (Å²) in [6.07, 6.45) is 4.23. The lowest BCUT2D eigenvalue weighted by molar-refractivity contribution is -0.384. The Kier molecular flexibility index (Phi) is 5.94. The minimum Gasteiger partial charge on any atom is -0.497 e. The summed E-state index contributed by atoms with van der Waals surface area (Å²) in [6, 6.07) is 18.0. The van der Waals surface area contributed by atoms with Crippen LogP contribution in [0, 0.1) is 10.1 Å². The molecule has 0 radical (unpaired) electrons. The van der Waals surface area contributed by atoms with Crippen molar-refractivity contribution in [3.63, 3.8) is 0 Å². The number of fused-ring (bicyclic) bond motifs is 1. The zero-order chi connectivity index (χ0) is 24.5. The topological polar surface area (TPSA) is 96.5 Å². The molecule has 0 atom stereocenters. The van der Waals surface area contributed by atoms with Crippen LogP contribution in [0.1, 0.15) is 42.1 Å². The predicted molar refractivity (Wildman–Crippen MR) is 133 cm³/mol. The van der Waals surface area contributed by atoms with E-state index in [2.05, 4.69) is 4.57 Å². The molecule has 178 valence electrons. The first-order valence-corrected chi connectivity index (χ1v) is 11.5. The summed E-state index contributed by atoms with van der Waals surface area (Å²) in [5.41, 5.74) is 4.30. The number of non-ortho nitro benzene ring substituents is 1. The first kappa shape index (κ1) is 22.6. The van der Waals surface area contributed by atoms with Gasteiger partial charge in [0.05, 0.1) is 35.7 Å². The number of carbonyl (C=O) groups excluding carboxylic acids is 1. The van der Waals surface area contributed by atoms with E-state index < -0.39 is 10.9 Å². The van der Waals surface area contributed by atoms with Gasteiger partial charge in [0.2, 0.25) is 0 Å². The number of hydrogen-bond donors (Lipinski definition) is 0. The van der Waals surface area contributed by atoms with Crippen molar-refractivity contribution in [1.82, 2.24) is 9.55 Å². The Labute approximate surface area is 202 Å². The average Bonchev–Trinajstić information content (AvgIpc) is 3.55. The van der Waals surface area contributed by atoms with Crippen LogP contribution in [0.5, 0.6) is 5.75 Å². The molecule has 1 fully saturated rings. The molecule has 0 saturated heterocycles. The maximum atomic E-state index is 12.2. The third-order valence-corrected chi connectivity index (χ3v) is 6.64. The normalized spacial score (nSPS) is 13.8. The summed E-state index contributed by atoms with van der Waals surface area (Å²) in [6.45, 7) is 0. The van der Waals surface area contributed by atoms with Gasteiger partial charge in [0.25, 0.3) is 5.69 Å². The molecule has 0 N–H and O–H groups in total. The molecule has 3 aromatic carbocycles. The summed E-state index contributed by atoms with van der Waals surface area (Å²) in [7, 11) is 2.95. The second-order valence-electron chi connectivity index (χ2n) is 8.66. The van der Waals surface area contributed by atoms with E-state index in [0.29, 0.717) is 28.2 Å². The molecule has 5 rings (SSSR count). The highest BCUT2D eigenvalue weighted by Crippen LogP contribution is 2.41. The number of methoxy groups -OCH3 is 2. The van der Waals surface area contributed by atoms with Gasteiger partial charge in [-0.3, -0.25) is 10.1 Å². The maximum Gasteiger partial charge on any atom is 0.337 e. The van der Waals surface area contributed by atoms with Crippen molar-refractivity contribution in [3.8, 4) is 28.3 Å². The average molecular weight is 472 g/mol. The molecule has 0 bridgehead atoms. The van der Waals surface area contributed by atoms with E-state index in [4.69, 9.17) is 14.5 Å². The van der Waals surface area contributed by atoms with Crippen molar-refractivity contribution in [2.75, 3.05) is 14.2 Å². The third-order valence-electron chi connectivity index (χ3n) is 6.64. The summed E-state index contributed by atoms with van der Waals surface area (Å²) in [5.74, 6) is 0.908. The van der Waals surface area contributed by atoms with Crippen molar-refractivity contribution >= 4 is 22.7 Å². The monoisotopic (exact) mass is 471 g/mol. The molecule has 1 saturated carbocycles. The Hall–Kier alpha value is -4.20. The lowest BCUT2D eigenvalue weighted by Crippen LogP contribution is -2.07. The number of aromatic nitrogens is 2. The number of benzene rings is 3. The fraction of sp³-hybridized carbons (Fsp3) is 0.259. The minimum atomic E-state index is -0.434. The van der Waals surface area contributed by atoms with Gasteiger partial charge in [0.15, 0.2) is 0 Å². The number of hydrogen-bond acceptors (Lipinski definition) is 6. The summed E-state index contributed by atoms with van der Waals surface area (Å²) < 4.78 is 12.5. The summed E-state index contributed by atoms with van der Waals surface area (Å²) in [4.78, 5) is 28.4. The van der Waals surface area contributed by atoms with Gasteiger partial charge in [-0.15, -0.1) is 0 Å². The number of rotatable bonds is 6. The van der Waals surface area contributed by atoms with Crippen molar-refractivity contribution in [2.24, 2.45) is 0 Å². The van der Waals surface area contributed by atoms with Gasteiger partial charge in [-0.25, -0.2) is 9.78 Å². The van der Waals surface area contributed by atoms with Crippen molar-refractivity contribution < 1.29 is 19.2 Å². The first-order valence-electron chi connectivity index (χ1n) is 11.5. The summed E-state index contributed by atoms with van der Waals surface area (Å²) >= 11 is 0. The number of nitro benzene ring substituents is 1. The van der Waals surface area contributed by atoms with E-state index in [1.807, 2.05) is 30.3 Å². The second-order valence-corrected chi connectivity index (χ2v) is 8.66. The highest BCUT2D eigenvalue weighted by Gasteiger charge is 2.26. The molecular weight excluding hydrogens is 446 g/mol. The molecule has 1 aliphatic carbocycles. The van der Waals surface area contributed by atoms with Crippen molar-refractivity contribution in [1.29, 1.82) is 0 Å². The number of esters is 1. The third kappa shape index (κ3) is 4.12. The Morgan fingerprint density at radius 3 is 2.54 bits per heavy atom. The molecule has 0 spiro atoms. The van der Waals surface area contributed by atoms with Crippen LogP contribution in [-0.4, -0.2) is 34.7 Å². The van der Waals surface area contributed by atoms with Crippen LogP contribution in [0.25, 0.3) is 33.5 Å². The second kappa shape index (κ2) is 9.21. The van der Waals surface area contributed by atoms with Gasteiger partial charge in [-0.2, -0.15) is 0 Å². The molecule has 35 heavy (non-hydrogen) atoms. The number of nitro groups is 1. The van der Waals surface area contributed by atoms with Gasteiger partial charge in [0.1, 0.15) is 11.6 Å². The lowest BCUT2D eigenvalue weighted by atomic mass is 9.98. The van der Waals surface area contributed by atoms with Crippen LogP contribution < -0.4 is 4.74 Å². The largest absolute Gasteiger partial charge is 0.497 e. The van der Waals surface area contributed by atoms with Gasteiger partial charge in [-0.05, 0) is 60.4 Å². The molecule has 4 aromatic rings. The number of nitrogens with zero attached hydrogens (tertiary/aromatic N) is 3. The lowest BCUT2D eigenvalue weighted by Gasteiger charge is -2.18. The van der Waals surface area contributed by atoms with E-state index in [9.17, 15) is 14.9 Å². The highest BCUT2D eigenvalue weighted by molar-refractivity contribution is 5.95. The Morgan fingerprint density at radius 2 is 1.83 bits per heavy atom. The van der Waals surface area contributed by atoms with E-state index in [-0.39, 0.29) is 11.7 Å². The Morgan fingerprint density at radius 1 is 1.03 bits per heavy atom. The number of carbonyl (C=O) groups is 1. The van der Waals surface area contributed by atoms with Crippen LogP contribution >= 0.6 is 0 Å². The highest BCUT2D eigenvalue weighted by atomic mass is 16.6. The summed E-state index contributed by atoms with van der Waals surface area (Å²) in [5, 5.41) is 11.7. The van der Waals surface area contributed by atoms with Crippen LogP contribution in [0.3, 0.4) is 0 Å². The maximum absolute atomic E-state index is 12.2. The SMILES string of the molecule is COC(=O)c1ccc2c(c1)nc(-c1cc([N+](=O)[O-])ccc1-c1cccc(OC)c1)n2C1CCCC1. The smallest absolute Gasteiger partial charge is 0.337 e. The van der Waals surface area contributed by atoms with E-state index in [0.717, 1.165) is 42.3 Å². The molecule has 8 heteroatoms. The molecule has 1 heterocycles. The van der Waals surface area contributed by atoms with Gasteiger partial charge >= 0.3 is 5.97 Å².